The summed E-state index contributed by atoms with van der Waals surface area (Å²) in [5, 5.41) is 8.12. The van der Waals surface area contributed by atoms with E-state index in [1.54, 1.807) is 0 Å². The predicted molar refractivity (Wildman–Crippen MR) is 205 cm³/mol. The average molecular weight is 683 g/mol. The van der Waals surface area contributed by atoms with Crippen molar-refractivity contribution in [3.05, 3.63) is 139 Å². The van der Waals surface area contributed by atoms with Crippen molar-refractivity contribution < 1.29 is 22.0 Å². The standard InChI is InChI=1S/C42H36O5P2/c1-26(2)32-18-11-19-33(27(3)4)40(32)44-48-43-38-24-30-14-5-6-15-31(30)25-39(38)45-49-46-41-34-16-9-7-12-28(34)20-22-36(41)37-23-21-29-13-8-10-17-35(29)42(37)47-49/h5-27,48H,1-4H3. The lowest BCUT2D eigenvalue weighted by atomic mass is 9.94. The van der Waals surface area contributed by atoms with E-state index < -0.39 is 8.24 Å². The van der Waals surface area contributed by atoms with Crippen LogP contribution in [0, 0.1) is 0 Å². The molecule has 1 unspecified atom stereocenters. The molecule has 0 N–H and O–H groups in total. The van der Waals surface area contributed by atoms with E-state index in [1.165, 1.54) is 0 Å². The summed E-state index contributed by atoms with van der Waals surface area (Å²) < 4.78 is 33.2. The topological polar surface area (TPSA) is 54.0 Å². The summed E-state index contributed by atoms with van der Waals surface area (Å²) in [7, 11) is -2.27. The van der Waals surface area contributed by atoms with Gasteiger partial charge in [0, 0.05) is 21.5 Å². The quantitative estimate of drug-likeness (QED) is 0.149. The molecule has 0 saturated carbocycles. The van der Waals surface area contributed by atoms with Gasteiger partial charge in [0.2, 0.25) is 0 Å². The molecular weight excluding hydrogens is 646 g/mol. The first-order chi connectivity index (χ1) is 23.9. The zero-order valence-corrected chi connectivity index (χ0v) is 29.7. The van der Waals surface area contributed by atoms with Gasteiger partial charge in [-0.15, -0.1) is 0 Å². The van der Waals surface area contributed by atoms with E-state index in [2.05, 4.69) is 107 Å². The van der Waals surface area contributed by atoms with Gasteiger partial charge >= 0.3 is 8.24 Å². The van der Waals surface area contributed by atoms with Gasteiger partial charge < -0.3 is 22.0 Å². The lowest BCUT2D eigenvalue weighted by molar-refractivity contribution is 0.463. The molecule has 5 nitrogen and oxygen atoms in total. The van der Waals surface area contributed by atoms with E-state index in [0.717, 1.165) is 71.1 Å². The fourth-order valence-electron chi connectivity index (χ4n) is 6.45. The fourth-order valence-corrected chi connectivity index (χ4v) is 8.17. The Bertz CT molecular complexity index is 2410. The van der Waals surface area contributed by atoms with Crippen LogP contribution in [0.15, 0.2) is 136 Å². The van der Waals surface area contributed by atoms with Crippen LogP contribution in [0.2, 0.25) is 0 Å². The molecule has 7 aromatic carbocycles. The number of hydrogen-bond donors (Lipinski definition) is 0. The summed E-state index contributed by atoms with van der Waals surface area (Å²) in [4.78, 5) is 0. The van der Waals surface area contributed by atoms with Gasteiger partial charge in [0.05, 0.1) is 0 Å². The van der Waals surface area contributed by atoms with E-state index in [0.29, 0.717) is 23.3 Å². The molecule has 1 aromatic heterocycles. The van der Waals surface area contributed by atoms with Gasteiger partial charge in [-0.3, -0.25) is 0 Å². The second-order valence-electron chi connectivity index (χ2n) is 12.8. The lowest BCUT2D eigenvalue weighted by Crippen LogP contribution is -2.00. The summed E-state index contributed by atoms with van der Waals surface area (Å²) in [6.07, 6.45) is 0. The Labute approximate surface area is 288 Å². The second kappa shape index (κ2) is 13.2. The monoisotopic (exact) mass is 682 g/mol. The number of para-hydroxylation sites is 1. The van der Waals surface area contributed by atoms with E-state index in [-0.39, 0.29) is 9.03 Å². The Kier molecular flexibility index (Phi) is 8.41. The third-order valence-corrected chi connectivity index (χ3v) is 10.6. The van der Waals surface area contributed by atoms with Gasteiger partial charge in [0.15, 0.2) is 22.7 Å². The van der Waals surface area contributed by atoms with E-state index >= 15 is 0 Å². The Balaban J connectivity index is 1.27. The van der Waals surface area contributed by atoms with Gasteiger partial charge in [0.1, 0.15) is 5.75 Å². The van der Waals surface area contributed by atoms with E-state index in [9.17, 15) is 0 Å². The molecule has 8 rings (SSSR count). The molecule has 0 bridgehead atoms. The maximum atomic E-state index is 6.77. The zero-order chi connectivity index (χ0) is 33.5. The van der Waals surface area contributed by atoms with E-state index in [1.807, 2.05) is 48.5 Å². The van der Waals surface area contributed by atoms with Crippen molar-refractivity contribution >= 4 is 71.5 Å². The maximum Gasteiger partial charge on any atom is 0.453 e. The SMILES string of the molecule is CC(C)c1cccc(C(C)C)c1OPOc1cc2ccccc2cc1Op1oc2c3ccccc3ccc2c2ccc3ccccc3c2o1. The third kappa shape index (κ3) is 5.99. The summed E-state index contributed by atoms with van der Waals surface area (Å²) in [6.45, 7) is 8.73. The molecule has 7 heteroatoms. The summed E-state index contributed by atoms with van der Waals surface area (Å²) in [5.74, 6) is 2.58. The fraction of sp³-hybridized carbons (Fsp3) is 0.143. The van der Waals surface area contributed by atoms with Crippen molar-refractivity contribution in [3.8, 4) is 17.2 Å². The number of hydrogen-bond acceptors (Lipinski definition) is 5. The molecule has 0 aliphatic rings. The Morgan fingerprint density at radius 1 is 0.490 bits per heavy atom. The van der Waals surface area contributed by atoms with Crippen LogP contribution in [0.5, 0.6) is 17.2 Å². The van der Waals surface area contributed by atoms with Crippen LogP contribution in [-0.4, -0.2) is 0 Å². The lowest BCUT2D eigenvalue weighted by Gasteiger charge is -2.20. The molecule has 1 heterocycles. The largest absolute Gasteiger partial charge is 0.453 e. The van der Waals surface area contributed by atoms with Gasteiger partial charge in [-0.1, -0.05) is 131 Å². The Morgan fingerprint density at radius 3 is 1.51 bits per heavy atom. The number of benzene rings is 7. The molecule has 0 aliphatic carbocycles. The number of fused-ring (bicyclic) bond motifs is 8. The Morgan fingerprint density at radius 2 is 0.980 bits per heavy atom. The predicted octanol–water partition coefficient (Wildman–Crippen LogP) is 13.8. The second-order valence-corrected chi connectivity index (χ2v) is 14.4. The van der Waals surface area contributed by atoms with Crippen molar-refractivity contribution in [3.63, 3.8) is 0 Å². The average Bonchev–Trinajstić information content (AvgIpc) is 3.28. The van der Waals surface area contributed by atoms with E-state index in [4.69, 9.17) is 22.0 Å². The van der Waals surface area contributed by atoms with Crippen molar-refractivity contribution in [2.45, 2.75) is 39.5 Å². The molecule has 8 aromatic rings. The normalized spacial score (nSPS) is 12.0. The molecule has 0 saturated heterocycles. The Hall–Kier alpha value is -4.95. The van der Waals surface area contributed by atoms with Crippen LogP contribution < -0.4 is 13.6 Å². The molecule has 0 spiro atoms. The molecule has 0 amide bonds. The van der Waals surface area contributed by atoms with Crippen LogP contribution in [0.1, 0.15) is 50.7 Å². The van der Waals surface area contributed by atoms with Crippen LogP contribution in [0.25, 0.3) is 54.3 Å². The molecular formula is C42H36O5P2. The van der Waals surface area contributed by atoms with Crippen molar-refractivity contribution in [2.75, 3.05) is 0 Å². The van der Waals surface area contributed by atoms with Gasteiger partial charge in [-0.05, 0) is 68.8 Å². The molecule has 0 radical (unpaired) electrons. The summed E-state index contributed by atoms with van der Waals surface area (Å²) in [5.41, 5.74) is 3.80. The highest BCUT2D eigenvalue weighted by Gasteiger charge is 2.19. The highest BCUT2D eigenvalue weighted by Crippen LogP contribution is 2.46. The maximum absolute atomic E-state index is 6.77. The first-order valence-electron chi connectivity index (χ1n) is 16.6. The van der Waals surface area contributed by atoms with Crippen LogP contribution in [0.3, 0.4) is 0 Å². The first-order valence-corrected chi connectivity index (χ1v) is 18.5. The van der Waals surface area contributed by atoms with Crippen molar-refractivity contribution in [1.82, 2.24) is 0 Å². The minimum atomic E-state index is -1.97. The minimum Gasteiger partial charge on any atom is -0.440 e. The zero-order valence-electron chi connectivity index (χ0n) is 27.8. The molecule has 244 valence electrons. The molecule has 49 heavy (non-hydrogen) atoms. The molecule has 1 atom stereocenters. The third-order valence-electron chi connectivity index (χ3n) is 8.98. The summed E-state index contributed by atoms with van der Waals surface area (Å²) >= 11 is 0. The molecule has 0 aliphatic heterocycles. The molecule has 0 fully saturated rings. The van der Waals surface area contributed by atoms with Gasteiger partial charge in [0.25, 0.3) is 9.03 Å². The van der Waals surface area contributed by atoms with Gasteiger partial charge in [-0.25, -0.2) is 0 Å². The van der Waals surface area contributed by atoms with Crippen LogP contribution >= 0.6 is 17.3 Å². The summed E-state index contributed by atoms with van der Waals surface area (Å²) in [6, 6.07) is 43.5. The van der Waals surface area contributed by atoms with Crippen molar-refractivity contribution in [2.24, 2.45) is 0 Å². The highest BCUT2D eigenvalue weighted by molar-refractivity contribution is 7.32. The highest BCUT2D eigenvalue weighted by atomic mass is 31.1. The van der Waals surface area contributed by atoms with Crippen LogP contribution in [-0.2, 0) is 0 Å². The minimum absolute atomic E-state index is 0.296. The number of rotatable bonds is 8. The van der Waals surface area contributed by atoms with Crippen molar-refractivity contribution in [1.29, 1.82) is 0 Å². The van der Waals surface area contributed by atoms with Gasteiger partial charge in [-0.2, -0.15) is 0 Å². The van der Waals surface area contributed by atoms with Crippen LogP contribution in [0.4, 0.5) is 0 Å². The smallest absolute Gasteiger partial charge is 0.440 e. The first kappa shape index (κ1) is 31.3.